The van der Waals surface area contributed by atoms with Gasteiger partial charge in [0.15, 0.2) is 0 Å². The Kier molecular flexibility index (Phi) is 3.83. The highest BCUT2D eigenvalue weighted by atomic mass is 16.2. The van der Waals surface area contributed by atoms with E-state index in [1.54, 1.807) is 0 Å². The van der Waals surface area contributed by atoms with Crippen molar-refractivity contribution in [3.05, 3.63) is 99.6 Å². The minimum Gasteiger partial charge on any atom is -0.274 e. The third-order valence-electron chi connectivity index (χ3n) is 7.61. The molecule has 4 atom stereocenters. The maximum absolute atomic E-state index is 13.9. The number of imide groups is 1. The summed E-state index contributed by atoms with van der Waals surface area (Å²) in [6, 6.07) is 21.0. The third-order valence-corrected chi connectivity index (χ3v) is 7.61. The summed E-state index contributed by atoms with van der Waals surface area (Å²) in [5.41, 5.74) is 9.02. The second-order valence-electron chi connectivity index (χ2n) is 9.25. The Bertz CT molecular complexity index is 1270. The van der Waals surface area contributed by atoms with Gasteiger partial charge in [-0.25, -0.2) is 4.90 Å². The van der Waals surface area contributed by atoms with Crippen molar-refractivity contribution in [1.29, 1.82) is 0 Å². The van der Waals surface area contributed by atoms with Gasteiger partial charge in [0.25, 0.3) is 0 Å². The molecule has 3 aromatic rings. The summed E-state index contributed by atoms with van der Waals surface area (Å²) in [5.74, 6) is -0.851. The van der Waals surface area contributed by atoms with Crippen LogP contribution in [0, 0.1) is 25.7 Å². The van der Waals surface area contributed by atoms with Crippen molar-refractivity contribution in [2.24, 2.45) is 11.8 Å². The zero-order chi connectivity index (χ0) is 21.4. The van der Waals surface area contributed by atoms with Gasteiger partial charge in [-0.1, -0.05) is 67.1 Å². The van der Waals surface area contributed by atoms with E-state index in [1.807, 2.05) is 32.0 Å². The monoisotopic (exact) mass is 407 g/mol. The fourth-order valence-electron chi connectivity index (χ4n) is 6.29. The van der Waals surface area contributed by atoms with Crippen LogP contribution in [0.3, 0.4) is 0 Å². The van der Waals surface area contributed by atoms with Gasteiger partial charge in [0.05, 0.1) is 17.5 Å². The number of anilines is 1. The highest BCUT2D eigenvalue weighted by Gasteiger charge is 2.61. The number of nitrogens with zero attached hydrogens (tertiary/aromatic N) is 1. The second kappa shape index (κ2) is 6.40. The van der Waals surface area contributed by atoms with E-state index >= 15 is 0 Å². The average molecular weight is 408 g/mol. The van der Waals surface area contributed by atoms with Crippen LogP contribution >= 0.6 is 0 Å². The Labute approximate surface area is 182 Å². The molecule has 1 heterocycles. The van der Waals surface area contributed by atoms with Gasteiger partial charge >= 0.3 is 0 Å². The molecule has 2 bridgehead atoms. The van der Waals surface area contributed by atoms with Crippen molar-refractivity contribution in [2.75, 3.05) is 4.90 Å². The molecule has 2 amide bonds. The van der Waals surface area contributed by atoms with Crippen LogP contribution in [0.15, 0.2) is 60.7 Å². The molecule has 4 unspecified atom stereocenters. The molecule has 1 fully saturated rings. The predicted octanol–water partition coefficient (Wildman–Crippen LogP) is 5.26. The summed E-state index contributed by atoms with van der Waals surface area (Å²) in [7, 11) is 0. The van der Waals surface area contributed by atoms with Gasteiger partial charge in [0.2, 0.25) is 11.8 Å². The van der Waals surface area contributed by atoms with E-state index in [2.05, 4.69) is 49.4 Å². The van der Waals surface area contributed by atoms with Gasteiger partial charge in [-0.05, 0) is 59.7 Å². The highest BCUT2D eigenvalue weighted by Crippen LogP contribution is 2.61. The van der Waals surface area contributed by atoms with Crippen molar-refractivity contribution in [2.45, 2.75) is 39.0 Å². The van der Waals surface area contributed by atoms with Crippen molar-refractivity contribution < 1.29 is 9.59 Å². The molecule has 0 aromatic heterocycles. The average Bonchev–Trinajstić information content (AvgIpc) is 3.04. The van der Waals surface area contributed by atoms with Gasteiger partial charge in [0.1, 0.15) is 0 Å². The molecule has 4 aliphatic rings. The standard InChI is InChI=1S/C28H25NO2/c1-4-17-10-11-20-21(14-17)24-19-8-6-5-7-18(19)23(20)25-26(24)28(31)29(27(25)30)22-12-9-15(2)13-16(22)3/h5-14,23-26H,4H2,1-3H3. The number of carbonyl (C=O) groups is 2. The lowest BCUT2D eigenvalue weighted by molar-refractivity contribution is -0.122. The summed E-state index contributed by atoms with van der Waals surface area (Å²) in [4.78, 5) is 29.2. The van der Waals surface area contributed by atoms with Crippen molar-refractivity contribution >= 4 is 17.5 Å². The van der Waals surface area contributed by atoms with E-state index in [9.17, 15) is 9.59 Å². The molecule has 31 heavy (non-hydrogen) atoms. The van der Waals surface area contributed by atoms with Crippen LogP contribution in [-0.2, 0) is 16.0 Å². The molecule has 0 radical (unpaired) electrons. The fraction of sp³-hybridized carbons (Fsp3) is 0.286. The first-order chi connectivity index (χ1) is 15.0. The molecule has 3 heteroatoms. The summed E-state index contributed by atoms with van der Waals surface area (Å²) in [6.45, 7) is 6.17. The minimum atomic E-state index is -0.326. The molecular formula is C28H25NO2. The van der Waals surface area contributed by atoms with E-state index < -0.39 is 0 Å². The second-order valence-corrected chi connectivity index (χ2v) is 9.25. The summed E-state index contributed by atoms with van der Waals surface area (Å²) in [6.07, 6.45) is 0.960. The minimum absolute atomic E-state index is 0.0426. The Morgan fingerprint density at radius 1 is 0.742 bits per heavy atom. The normalized spacial score (nSPS) is 25.5. The first kappa shape index (κ1) is 18.6. The molecule has 154 valence electrons. The zero-order valence-electron chi connectivity index (χ0n) is 18.1. The van der Waals surface area contributed by atoms with E-state index in [-0.39, 0.29) is 35.5 Å². The summed E-state index contributed by atoms with van der Waals surface area (Å²) in [5, 5.41) is 0. The number of benzene rings is 3. The largest absolute Gasteiger partial charge is 0.274 e. The quantitative estimate of drug-likeness (QED) is 0.543. The Hall–Kier alpha value is -3.20. The Morgan fingerprint density at radius 3 is 1.97 bits per heavy atom. The molecule has 7 rings (SSSR count). The zero-order valence-corrected chi connectivity index (χ0v) is 18.1. The van der Waals surface area contributed by atoms with E-state index in [0.717, 1.165) is 23.2 Å². The lowest BCUT2D eigenvalue weighted by Gasteiger charge is -2.46. The lowest BCUT2D eigenvalue weighted by Crippen LogP contribution is -2.41. The molecular weight excluding hydrogens is 382 g/mol. The van der Waals surface area contributed by atoms with Crippen molar-refractivity contribution in [3.8, 4) is 0 Å². The number of hydrogen-bond donors (Lipinski definition) is 0. The Balaban J connectivity index is 1.57. The smallest absolute Gasteiger partial charge is 0.238 e. The molecule has 0 N–H and O–H groups in total. The van der Waals surface area contributed by atoms with E-state index in [0.29, 0.717) is 0 Å². The number of carbonyl (C=O) groups excluding carboxylic acids is 2. The van der Waals surface area contributed by atoms with Crippen LogP contribution in [-0.4, -0.2) is 11.8 Å². The van der Waals surface area contributed by atoms with Crippen molar-refractivity contribution in [1.82, 2.24) is 0 Å². The molecule has 1 saturated heterocycles. The number of hydrogen-bond acceptors (Lipinski definition) is 2. The first-order valence-electron chi connectivity index (χ1n) is 11.2. The first-order valence-corrected chi connectivity index (χ1v) is 11.2. The predicted molar refractivity (Wildman–Crippen MR) is 121 cm³/mol. The van der Waals surface area contributed by atoms with Gasteiger partial charge in [-0.15, -0.1) is 0 Å². The topological polar surface area (TPSA) is 37.4 Å². The SMILES string of the molecule is CCc1ccc2c(c1)C1c3ccccc3C2C2C(=O)N(c3ccc(C)cc3C)C(=O)C12. The summed E-state index contributed by atoms with van der Waals surface area (Å²) >= 11 is 0. The molecule has 0 saturated carbocycles. The maximum atomic E-state index is 13.9. The highest BCUT2D eigenvalue weighted by molar-refractivity contribution is 6.23. The third kappa shape index (κ3) is 2.35. The molecule has 3 aromatic carbocycles. The fourth-order valence-corrected chi connectivity index (χ4v) is 6.29. The van der Waals surface area contributed by atoms with Crippen LogP contribution < -0.4 is 4.90 Å². The van der Waals surface area contributed by atoms with Crippen LogP contribution in [0.25, 0.3) is 0 Å². The number of amides is 2. The van der Waals surface area contributed by atoms with Gasteiger partial charge in [-0.2, -0.15) is 0 Å². The van der Waals surface area contributed by atoms with Crippen LogP contribution in [0.1, 0.15) is 57.7 Å². The number of aryl methyl sites for hydroxylation is 3. The van der Waals surface area contributed by atoms with E-state index in [1.165, 1.54) is 32.7 Å². The Morgan fingerprint density at radius 2 is 1.35 bits per heavy atom. The van der Waals surface area contributed by atoms with E-state index in [4.69, 9.17) is 0 Å². The van der Waals surface area contributed by atoms with Crippen LogP contribution in [0.2, 0.25) is 0 Å². The maximum Gasteiger partial charge on any atom is 0.238 e. The molecule has 3 aliphatic carbocycles. The van der Waals surface area contributed by atoms with Gasteiger partial charge in [0, 0.05) is 11.8 Å². The van der Waals surface area contributed by atoms with Gasteiger partial charge in [-0.3, -0.25) is 9.59 Å². The van der Waals surface area contributed by atoms with Crippen LogP contribution in [0.5, 0.6) is 0 Å². The van der Waals surface area contributed by atoms with Crippen molar-refractivity contribution in [3.63, 3.8) is 0 Å². The molecule has 1 aliphatic heterocycles. The lowest BCUT2D eigenvalue weighted by atomic mass is 9.55. The molecule has 0 spiro atoms. The summed E-state index contributed by atoms with van der Waals surface area (Å²) < 4.78 is 0. The van der Waals surface area contributed by atoms with Gasteiger partial charge < -0.3 is 0 Å². The molecule has 3 nitrogen and oxygen atoms in total. The number of rotatable bonds is 2. The van der Waals surface area contributed by atoms with Crippen LogP contribution in [0.4, 0.5) is 5.69 Å².